The van der Waals surface area contributed by atoms with Gasteiger partial charge in [-0.15, -0.1) is 0 Å². The van der Waals surface area contributed by atoms with Crippen molar-refractivity contribution in [2.75, 3.05) is 32.8 Å². The quantitative estimate of drug-likeness (QED) is 0.674. The van der Waals surface area contributed by atoms with E-state index in [4.69, 9.17) is 4.74 Å². The summed E-state index contributed by atoms with van der Waals surface area (Å²) in [6.07, 6.45) is 0. The number of carbonyl (C=O) groups is 1. The first-order valence-corrected chi connectivity index (χ1v) is 11.9. The minimum atomic E-state index is -3.54. The molecule has 8 heteroatoms. The summed E-state index contributed by atoms with van der Waals surface area (Å²) in [5.41, 5.74) is 0. The van der Waals surface area contributed by atoms with Gasteiger partial charge in [-0.05, 0) is 65.8 Å². The molecule has 1 aliphatic rings. The number of carbonyl (C=O) groups excluding carboxylic acids is 1. The van der Waals surface area contributed by atoms with Gasteiger partial charge in [-0.1, -0.05) is 0 Å². The van der Waals surface area contributed by atoms with Crippen LogP contribution in [0.25, 0.3) is 0 Å². The molecular weight excluding hydrogens is 390 g/mol. The fourth-order valence-corrected chi connectivity index (χ4v) is 5.42. The third-order valence-electron chi connectivity index (χ3n) is 5.49. The van der Waals surface area contributed by atoms with Crippen LogP contribution in [0.3, 0.4) is 0 Å². The zero-order chi connectivity index (χ0) is 21.8. The van der Waals surface area contributed by atoms with Crippen LogP contribution >= 0.6 is 0 Å². The van der Waals surface area contributed by atoms with Crippen LogP contribution in [0.5, 0.6) is 5.75 Å². The van der Waals surface area contributed by atoms with E-state index in [2.05, 4.69) is 0 Å². The smallest absolute Gasteiger partial charge is 0.281 e. The lowest BCUT2D eigenvalue weighted by molar-refractivity contribution is -0.918. The number of nitrogens with one attached hydrogen (secondary N) is 1. The van der Waals surface area contributed by atoms with Crippen molar-refractivity contribution in [3.8, 4) is 5.75 Å². The number of sulfonamides is 1. The molecule has 0 aromatic heterocycles. The second kappa shape index (κ2) is 9.91. The Bertz CT molecular complexity index is 762. The molecule has 1 saturated heterocycles. The number of rotatable bonds is 8. The van der Waals surface area contributed by atoms with E-state index in [1.165, 1.54) is 4.31 Å². The average molecular weight is 427 g/mol. The van der Waals surface area contributed by atoms with Crippen molar-refractivity contribution in [2.24, 2.45) is 0 Å². The number of benzene rings is 1. The van der Waals surface area contributed by atoms with Crippen molar-refractivity contribution >= 4 is 15.9 Å². The molecule has 164 valence electrons. The molecule has 1 amide bonds. The molecule has 0 bridgehead atoms. The molecule has 0 aliphatic carbocycles. The second-order valence-electron chi connectivity index (χ2n) is 8.12. The topological polar surface area (TPSA) is 71.4 Å². The van der Waals surface area contributed by atoms with E-state index < -0.39 is 10.0 Å². The number of hydrogen-bond donors (Lipinski definition) is 1. The van der Waals surface area contributed by atoms with E-state index in [1.54, 1.807) is 24.3 Å². The molecule has 1 heterocycles. The number of quaternary nitrogens is 1. The van der Waals surface area contributed by atoms with E-state index >= 15 is 0 Å². The van der Waals surface area contributed by atoms with E-state index in [-0.39, 0.29) is 28.9 Å². The highest BCUT2D eigenvalue weighted by molar-refractivity contribution is 7.89. The van der Waals surface area contributed by atoms with Gasteiger partial charge in [-0.25, -0.2) is 8.42 Å². The van der Waals surface area contributed by atoms with Gasteiger partial charge < -0.3 is 14.5 Å². The summed E-state index contributed by atoms with van der Waals surface area (Å²) in [6, 6.07) is 6.66. The molecule has 0 saturated carbocycles. The third-order valence-corrected chi connectivity index (χ3v) is 7.40. The summed E-state index contributed by atoms with van der Waals surface area (Å²) in [7, 11) is -3.54. The lowest BCUT2D eigenvalue weighted by Gasteiger charge is -2.38. The van der Waals surface area contributed by atoms with E-state index in [0.29, 0.717) is 38.5 Å². The van der Waals surface area contributed by atoms with Gasteiger partial charge >= 0.3 is 0 Å². The monoisotopic (exact) mass is 426 g/mol. The van der Waals surface area contributed by atoms with Crippen LogP contribution in [0, 0.1) is 0 Å². The van der Waals surface area contributed by atoms with Gasteiger partial charge in [-0.3, -0.25) is 4.79 Å². The molecule has 1 aliphatic heterocycles. The third kappa shape index (κ3) is 5.49. The van der Waals surface area contributed by atoms with Crippen molar-refractivity contribution in [3.05, 3.63) is 24.3 Å². The Labute approximate surface area is 175 Å². The Morgan fingerprint density at radius 3 is 2.03 bits per heavy atom. The Hall–Kier alpha value is -1.64. The summed E-state index contributed by atoms with van der Waals surface area (Å²) >= 11 is 0. The fraction of sp³-hybridized carbons (Fsp3) is 0.667. The van der Waals surface area contributed by atoms with Crippen LogP contribution in [0.1, 0.15) is 41.5 Å². The van der Waals surface area contributed by atoms with Gasteiger partial charge in [0, 0.05) is 12.1 Å². The number of hydrogen-bond acceptors (Lipinski definition) is 4. The molecule has 1 aromatic rings. The van der Waals surface area contributed by atoms with Crippen molar-refractivity contribution in [3.63, 3.8) is 0 Å². The van der Waals surface area contributed by atoms with Crippen LogP contribution in [0.15, 0.2) is 29.2 Å². The van der Waals surface area contributed by atoms with E-state index in [0.717, 1.165) is 4.90 Å². The molecule has 29 heavy (non-hydrogen) atoms. The summed E-state index contributed by atoms with van der Waals surface area (Å²) in [6.45, 7) is 14.5. The summed E-state index contributed by atoms with van der Waals surface area (Å²) in [4.78, 5) is 16.3. The van der Waals surface area contributed by atoms with Gasteiger partial charge in [0.05, 0.1) is 37.7 Å². The Morgan fingerprint density at radius 1 is 1.07 bits per heavy atom. The first kappa shape index (κ1) is 23.6. The summed E-state index contributed by atoms with van der Waals surface area (Å²) in [5.74, 6) is 0.792. The van der Waals surface area contributed by atoms with Crippen LogP contribution in [0.4, 0.5) is 0 Å². The Balaban J connectivity index is 2.02. The zero-order valence-corrected chi connectivity index (χ0v) is 19.3. The van der Waals surface area contributed by atoms with Crippen LogP contribution in [-0.2, 0) is 14.8 Å². The molecule has 0 radical (unpaired) electrons. The Morgan fingerprint density at radius 2 is 1.59 bits per heavy atom. The highest BCUT2D eigenvalue weighted by atomic mass is 32.2. The molecule has 1 N–H and O–H groups in total. The summed E-state index contributed by atoms with van der Waals surface area (Å²) in [5, 5.41) is 0. The maximum absolute atomic E-state index is 13.0. The van der Waals surface area contributed by atoms with Crippen molar-refractivity contribution < 1.29 is 22.8 Å². The molecule has 1 atom stereocenters. The standard InChI is InChI=1S/C21H35N3O4S/c1-7-28-19-8-10-20(11-9-19)29(26,27)23-14-12-22(13-15-23)18(6)21(25)24(16(2)3)17(4)5/h8-11,16-18H,7,12-15H2,1-6H3/p+1/t18-/m0/s1. The van der Waals surface area contributed by atoms with Crippen LogP contribution < -0.4 is 9.64 Å². The van der Waals surface area contributed by atoms with E-state index in [1.807, 2.05) is 46.4 Å². The number of amides is 1. The first-order chi connectivity index (χ1) is 13.6. The predicted molar refractivity (Wildman–Crippen MR) is 114 cm³/mol. The predicted octanol–water partition coefficient (Wildman–Crippen LogP) is 1.01. The van der Waals surface area contributed by atoms with Crippen molar-refractivity contribution in [1.82, 2.24) is 9.21 Å². The number of ether oxygens (including phenoxy) is 1. The number of nitrogens with zero attached hydrogens (tertiary/aromatic N) is 2. The lowest BCUT2D eigenvalue weighted by atomic mass is 10.1. The van der Waals surface area contributed by atoms with Gasteiger partial charge in [-0.2, -0.15) is 4.31 Å². The SMILES string of the molecule is CCOc1ccc(S(=O)(=O)N2CC[NH+]([C@@H](C)C(=O)N(C(C)C)C(C)C)CC2)cc1. The lowest BCUT2D eigenvalue weighted by Crippen LogP contribution is -3.19. The minimum Gasteiger partial charge on any atom is -0.494 e. The van der Waals surface area contributed by atoms with Gasteiger partial charge in [0.25, 0.3) is 5.91 Å². The van der Waals surface area contributed by atoms with E-state index in [9.17, 15) is 13.2 Å². The molecule has 0 unspecified atom stereocenters. The normalized spacial score (nSPS) is 17.5. The molecule has 2 rings (SSSR count). The molecular formula is C21H36N3O4S+. The minimum absolute atomic E-state index is 0.132. The highest BCUT2D eigenvalue weighted by Crippen LogP contribution is 2.19. The largest absolute Gasteiger partial charge is 0.494 e. The van der Waals surface area contributed by atoms with Crippen molar-refractivity contribution in [1.29, 1.82) is 0 Å². The molecule has 7 nitrogen and oxygen atoms in total. The van der Waals surface area contributed by atoms with Gasteiger partial charge in [0.2, 0.25) is 10.0 Å². The molecule has 1 fully saturated rings. The van der Waals surface area contributed by atoms with Crippen LogP contribution in [0.2, 0.25) is 0 Å². The second-order valence-corrected chi connectivity index (χ2v) is 10.1. The Kier molecular flexibility index (Phi) is 8.08. The average Bonchev–Trinajstić information content (AvgIpc) is 2.67. The van der Waals surface area contributed by atoms with Gasteiger partial charge in [0.15, 0.2) is 6.04 Å². The van der Waals surface area contributed by atoms with Crippen molar-refractivity contribution in [2.45, 2.75) is 64.6 Å². The first-order valence-electron chi connectivity index (χ1n) is 10.5. The fourth-order valence-electron chi connectivity index (χ4n) is 3.97. The van der Waals surface area contributed by atoms with Gasteiger partial charge in [0.1, 0.15) is 5.75 Å². The molecule has 1 aromatic carbocycles. The maximum atomic E-state index is 13.0. The summed E-state index contributed by atoms with van der Waals surface area (Å²) < 4.78 is 32.8. The maximum Gasteiger partial charge on any atom is 0.281 e. The highest BCUT2D eigenvalue weighted by Gasteiger charge is 2.37. The number of piperazine rings is 1. The zero-order valence-electron chi connectivity index (χ0n) is 18.5. The molecule has 0 spiro atoms. The van der Waals surface area contributed by atoms with Crippen LogP contribution in [-0.4, -0.2) is 74.4 Å².